The molecule has 2 atom stereocenters. The number of methoxy groups -OCH3 is 2. The molecule has 2 N–H and O–H groups in total. The largest absolute Gasteiger partial charge is 0.497 e. The van der Waals surface area contributed by atoms with Gasteiger partial charge in [-0.05, 0) is 94.3 Å². The number of nitrogens with one attached hydrogen (secondary N) is 2. The van der Waals surface area contributed by atoms with E-state index in [1.165, 1.54) is 11.8 Å². The fraction of sp³-hybridized carbons (Fsp3) is 0.327. The number of ketones is 1. The van der Waals surface area contributed by atoms with Gasteiger partial charge in [0.15, 0.2) is 11.6 Å². The Hall–Kier alpha value is -6.65. The molecule has 0 bridgehead atoms. The number of carbonyl (C=O) groups excluding carboxylic acids is 3. The topological polar surface area (TPSA) is 180 Å². The van der Waals surface area contributed by atoms with Crippen molar-refractivity contribution in [2.24, 2.45) is 9.98 Å². The molecule has 15 nitrogen and oxygen atoms in total. The van der Waals surface area contributed by atoms with Crippen LogP contribution in [0.2, 0.25) is 5.02 Å². The SMILES string of the molecule is CCNC(=O)C[C@@H]1N=C(c2ccc(SCC(=O)CCCCCNC(=O)C[C@@H]3N=C(c4ccc(Cl)cc4)c4cc(OC)ccc4-n4c(C)nnc43)cc2)c2cc(OC)ccc2-n2c(C)nnc21. The number of ether oxygens (including phenoxy) is 2. The number of Topliss-reactive ketones (excluding diaryl/α,β-unsaturated/α-hetero) is 1. The van der Waals surface area contributed by atoms with Crippen molar-refractivity contribution in [1.29, 1.82) is 0 Å². The number of aryl methyl sites for hydroxylation is 2. The number of rotatable bonds is 18. The summed E-state index contributed by atoms with van der Waals surface area (Å²) in [5.74, 6) is 4.13. The van der Waals surface area contributed by atoms with E-state index in [0.29, 0.717) is 76.5 Å². The highest BCUT2D eigenvalue weighted by molar-refractivity contribution is 8.00. The van der Waals surface area contributed by atoms with E-state index in [4.69, 9.17) is 31.1 Å². The third-order valence-electron chi connectivity index (χ3n) is 11.5. The minimum Gasteiger partial charge on any atom is -0.497 e. The second-order valence-corrected chi connectivity index (χ2v) is 17.5. The van der Waals surface area contributed by atoms with E-state index in [-0.39, 0.29) is 30.4 Å². The first-order valence-electron chi connectivity index (χ1n) is 22.0. The molecule has 4 heterocycles. The van der Waals surface area contributed by atoms with Gasteiger partial charge in [-0.1, -0.05) is 42.3 Å². The lowest BCUT2D eigenvalue weighted by Gasteiger charge is -2.14. The number of hydrogen-bond acceptors (Lipinski definition) is 12. The molecule has 0 unspecified atom stereocenters. The molecular formula is C49H51ClN10O5S. The number of fused-ring (bicyclic) bond motifs is 6. The molecule has 0 fully saturated rings. The van der Waals surface area contributed by atoms with Gasteiger partial charge in [0.05, 0.1) is 55.6 Å². The van der Waals surface area contributed by atoms with Gasteiger partial charge in [-0.3, -0.25) is 33.5 Å². The second-order valence-electron chi connectivity index (χ2n) is 16.0. The van der Waals surface area contributed by atoms with Crippen molar-refractivity contribution in [3.05, 3.63) is 136 Å². The first-order chi connectivity index (χ1) is 32.0. The molecule has 340 valence electrons. The monoisotopic (exact) mass is 926 g/mol. The number of aliphatic imine (C=N–C) groups is 2. The lowest BCUT2D eigenvalue weighted by molar-refractivity contribution is -0.122. The maximum absolute atomic E-state index is 13.4. The molecule has 2 aromatic heterocycles. The summed E-state index contributed by atoms with van der Waals surface area (Å²) in [5.41, 5.74) is 6.47. The van der Waals surface area contributed by atoms with Crippen LogP contribution >= 0.6 is 23.4 Å². The van der Waals surface area contributed by atoms with Gasteiger partial charge in [0.2, 0.25) is 11.8 Å². The summed E-state index contributed by atoms with van der Waals surface area (Å²) in [6, 6.07) is 25.9. The quantitative estimate of drug-likeness (QED) is 0.0636. The van der Waals surface area contributed by atoms with Gasteiger partial charge in [0.1, 0.15) is 41.0 Å². The molecule has 8 rings (SSSR count). The van der Waals surface area contributed by atoms with E-state index in [0.717, 1.165) is 57.8 Å². The van der Waals surface area contributed by atoms with E-state index in [9.17, 15) is 14.4 Å². The van der Waals surface area contributed by atoms with Crippen molar-refractivity contribution >= 4 is 52.4 Å². The first kappa shape index (κ1) is 45.9. The minimum atomic E-state index is -0.599. The summed E-state index contributed by atoms with van der Waals surface area (Å²) in [7, 11) is 3.25. The lowest BCUT2D eigenvalue weighted by Crippen LogP contribution is -2.26. The van der Waals surface area contributed by atoms with Gasteiger partial charge in [0.25, 0.3) is 0 Å². The van der Waals surface area contributed by atoms with Gasteiger partial charge in [0, 0.05) is 51.7 Å². The highest BCUT2D eigenvalue weighted by Crippen LogP contribution is 2.36. The minimum absolute atomic E-state index is 0.0782. The molecule has 2 aliphatic rings. The molecule has 0 radical (unpaired) electrons. The molecule has 2 amide bonds. The van der Waals surface area contributed by atoms with Crippen LogP contribution in [0.3, 0.4) is 0 Å². The maximum atomic E-state index is 13.4. The van der Waals surface area contributed by atoms with Crippen molar-refractivity contribution in [2.45, 2.75) is 76.3 Å². The normalized spacial score (nSPS) is 14.9. The van der Waals surface area contributed by atoms with Crippen molar-refractivity contribution < 1.29 is 23.9 Å². The molecule has 0 aliphatic carbocycles. The number of halogens is 1. The molecule has 17 heteroatoms. The molecule has 2 aliphatic heterocycles. The zero-order valence-corrected chi connectivity index (χ0v) is 39.1. The van der Waals surface area contributed by atoms with Crippen LogP contribution in [0.15, 0.2) is 99.8 Å². The highest BCUT2D eigenvalue weighted by atomic mass is 35.5. The Bertz CT molecular complexity index is 2820. The fourth-order valence-electron chi connectivity index (χ4n) is 8.24. The summed E-state index contributed by atoms with van der Waals surface area (Å²) in [4.78, 5) is 50.5. The van der Waals surface area contributed by atoms with Gasteiger partial charge in [-0.15, -0.1) is 32.2 Å². The first-order valence-corrected chi connectivity index (χ1v) is 23.3. The standard InChI is InChI=1S/C49H51ClN10O5S/c1-6-51-44(62)26-40-48-57-55-29(2)59(48)43-22-18-36(65-5)25-39(43)47(53-40)32-13-19-37(20-14-32)66-28-34(61)10-8-7-9-23-52-45(63)27-41-49-58-56-30(3)60(49)42-21-17-35(64-4)24-38(42)46(54-41)31-11-15-33(50)16-12-31/h11-22,24-25,40-41H,6-10,23,26-28H2,1-5H3,(H,51,62)(H,52,63)/t40-,41-/m0/s1. The molecule has 0 saturated heterocycles. The highest BCUT2D eigenvalue weighted by Gasteiger charge is 2.32. The van der Waals surface area contributed by atoms with Gasteiger partial charge < -0.3 is 20.1 Å². The third-order valence-corrected chi connectivity index (χ3v) is 12.8. The number of carbonyl (C=O) groups is 3. The molecular weight excluding hydrogens is 876 g/mol. The van der Waals surface area contributed by atoms with Gasteiger partial charge in [-0.2, -0.15) is 0 Å². The summed E-state index contributed by atoms with van der Waals surface area (Å²) in [6.07, 6.45) is 2.90. The van der Waals surface area contributed by atoms with E-state index in [2.05, 4.69) is 31.0 Å². The van der Waals surface area contributed by atoms with Crippen LogP contribution in [0.25, 0.3) is 11.4 Å². The number of nitrogens with zero attached hydrogens (tertiary/aromatic N) is 8. The Morgan fingerprint density at radius 1 is 0.667 bits per heavy atom. The molecule has 0 saturated carbocycles. The van der Waals surface area contributed by atoms with Gasteiger partial charge in [-0.25, -0.2) is 0 Å². The van der Waals surface area contributed by atoms with Crippen LogP contribution < -0.4 is 20.1 Å². The average Bonchev–Trinajstić information content (AvgIpc) is 3.83. The summed E-state index contributed by atoms with van der Waals surface area (Å²) < 4.78 is 15.1. The van der Waals surface area contributed by atoms with Crippen LogP contribution in [0.4, 0.5) is 0 Å². The zero-order valence-electron chi connectivity index (χ0n) is 37.5. The average molecular weight is 928 g/mol. The number of hydrogen-bond donors (Lipinski definition) is 2. The van der Waals surface area contributed by atoms with Gasteiger partial charge >= 0.3 is 0 Å². The molecule has 6 aromatic rings. The number of unbranched alkanes of at least 4 members (excludes halogenated alkanes) is 2. The van der Waals surface area contributed by atoms with Crippen LogP contribution in [-0.4, -0.2) is 91.6 Å². The fourth-order valence-corrected chi connectivity index (χ4v) is 9.16. The zero-order chi connectivity index (χ0) is 46.3. The van der Waals surface area contributed by atoms with Crippen molar-refractivity contribution in [3.8, 4) is 22.9 Å². The smallest absolute Gasteiger partial charge is 0.222 e. The van der Waals surface area contributed by atoms with Crippen molar-refractivity contribution in [2.75, 3.05) is 33.1 Å². The van der Waals surface area contributed by atoms with Crippen LogP contribution in [0, 0.1) is 13.8 Å². The number of amides is 2. The maximum Gasteiger partial charge on any atom is 0.222 e. The van der Waals surface area contributed by atoms with E-state index in [1.54, 1.807) is 14.2 Å². The number of aromatic nitrogens is 6. The Morgan fingerprint density at radius 2 is 1.18 bits per heavy atom. The van der Waals surface area contributed by atoms with Crippen molar-refractivity contribution in [3.63, 3.8) is 0 Å². The van der Waals surface area contributed by atoms with Crippen LogP contribution in [-0.2, 0) is 14.4 Å². The summed E-state index contributed by atoms with van der Waals surface area (Å²) in [6.45, 7) is 6.64. The molecule has 4 aromatic carbocycles. The molecule has 66 heavy (non-hydrogen) atoms. The van der Waals surface area contributed by atoms with Crippen LogP contribution in [0.1, 0.15) is 103 Å². The Morgan fingerprint density at radius 3 is 1.70 bits per heavy atom. The lowest BCUT2D eigenvalue weighted by atomic mass is 10.00. The molecule has 0 spiro atoms. The number of benzene rings is 4. The predicted octanol–water partition coefficient (Wildman–Crippen LogP) is 7.87. The summed E-state index contributed by atoms with van der Waals surface area (Å²) >= 11 is 7.74. The van der Waals surface area contributed by atoms with Crippen LogP contribution in [0.5, 0.6) is 11.5 Å². The number of thioether (sulfide) groups is 1. The van der Waals surface area contributed by atoms with E-state index < -0.39 is 12.1 Å². The third kappa shape index (κ3) is 10.1. The van der Waals surface area contributed by atoms with E-state index in [1.807, 2.05) is 115 Å². The second kappa shape index (κ2) is 20.7. The Labute approximate surface area is 392 Å². The Balaban J connectivity index is 0.848. The summed E-state index contributed by atoms with van der Waals surface area (Å²) in [5, 5.41) is 24.2. The predicted molar refractivity (Wildman–Crippen MR) is 255 cm³/mol. The van der Waals surface area contributed by atoms with E-state index >= 15 is 0 Å². The Kier molecular flexibility index (Phi) is 14.4. The van der Waals surface area contributed by atoms with Crippen molar-refractivity contribution in [1.82, 2.24) is 40.2 Å².